The SMILES string of the molecule is C[C@]1(c2cc(CCOC(=O)c3ccc(O)c(O)c3Cl)on2)CN2C(=O)C[C@H]2S1. The van der Waals surface area contributed by atoms with Gasteiger partial charge in [-0.2, -0.15) is 0 Å². The molecule has 0 saturated carbocycles. The van der Waals surface area contributed by atoms with Gasteiger partial charge < -0.3 is 24.4 Å². The highest BCUT2D eigenvalue weighted by Crippen LogP contribution is 2.51. The van der Waals surface area contributed by atoms with Crippen LogP contribution in [0.25, 0.3) is 0 Å². The fourth-order valence-corrected chi connectivity index (χ4v) is 5.05. The van der Waals surface area contributed by atoms with Gasteiger partial charge in [-0.15, -0.1) is 11.8 Å². The van der Waals surface area contributed by atoms with E-state index < -0.39 is 17.5 Å². The Kier molecular flexibility index (Phi) is 4.67. The van der Waals surface area contributed by atoms with Crippen LogP contribution in [0.5, 0.6) is 11.5 Å². The highest BCUT2D eigenvalue weighted by Gasteiger charge is 2.52. The quantitative estimate of drug-likeness (QED) is 0.428. The van der Waals surface area contributed by atoms with Crippen LogP contribution in [0, 0.1) is 0 Å². The van der Waals surface area contributed by atoms with Gasteiger partial charge in [-0.1, -0.05) is 16.8 Å². The van der Waals surface area contributed by atoms with E-state index in [9.17, 15) is 19.8 Å². The first-order valence-electron chi connectivity index (χ1n) is 8.59. The second kappa shape index (κ2) is 6.89. The number of aromatic nitrogens is 1. The molecule has 2 atom stereocenters. The van der Waals surface area contributed by atoms with Crippen molar-refractivity contribution >= 4 is 35.2 Å². The second-order valence-electron chi connectivity index (χ2n) is 6.89. The molecule has 148 valence electrons. The van der Waals surface area contributed by atoms with Gasteiger partial charge in [0.1, 0.15) is 16.5 Å². The number of fused-ring (bicyclic) bond motifs is 1. The summed E-state index contributed by atoms with van der Waals surface area (Å²) in [7, 11) is 0. The molecule has 8 nitrogen and oxygen atoms in total. The molecule has 0 unspecified atom stereocenters. The molecule has 2 saturated heterocycles. The number of carbonyl (C=O) groups is 2. The summed E-state index contributed by atoms with van der Waals surface area (Å²) in [5.41, 5.74) is 0.715. The van der Waals surface area contributed by atoms with Gasteiger partial charge in [-0.25, -0.2) is 4.79 Å². The number of rotatable bonds is 5. The summed E-state index contributed by atoms with van der Waals surface area (Å²) in [4.78, 5) is 25.6. The van der Waals surface area contributed by atoms with Crippen molar-refractivity contribution in [3.05, 3.63) is 40.2 Å². The molecular formula is C18H17ClN2O6S. The fraction of sp³-hybridized carbons (Fsp3) is 0.389. The minimum atomic E-state index is -0.721. The Morgan fingerprint density at radius 1 is 1.50 bits per heavy atom. The van der Waals surface area contributed by atoms with Crippen LogP contribution in [0.1, 0.15) is 35.2 Å². The Bertz CT molecular complexity index is 964. The van der Waals surface area contributed by atoms with E-state index in [1.54, 1.807) is 11.8 Å². The zero-order chi connectivity index (χ0) is 20.1. The maximum atomic E-state index is 12.1. The number of hydrogen-bond donors (Lipinski definition) is 2. The Hall–Kier alpha value is -2.39. The van der Waals surface area contributed by atoms with E-state index in [-0.39, 0.29) is 33.2 Å². The predicted molar refractivity (Wildman–Crippen MR) is 100 cm³/mol. The van der Waals surface area contributed by atoms with Crippen LogP contribution in [0.2, 0.25) is 5.02 Å². The van der Waals surface area contributed by atoms with Gasteiger partial charge in [0.2, 0.25) is 5.91 Å². The molecule has 2 aliphatic rings. The predicted octanol–water partition coefficient (Wildman–Crippen LogP) is 2.66. The number of phenolic OH excluding ortho intramolecular Hbond substituents is 2. The first-order valence-corrected chi connectivity index (χ1v) is 9.85. The van der Waals surface area contributed by atoms with Gasteiger partial charge in [0, 0.05) is 19.0 Å². The van der Waals surface area contributed by atoms with Crippen molar-refractivity contribution in [3.8, 4) is 11.5 Å². The molecule has 2 N–H and O–H groups in total. The second-order valence-corrected chi connectivity index (χ2v) is 8.95. The van der Waals surface area contributed by atoms with Crippen LogP contribution in [0.4, 0.5) is 0 Å². The van der Waals surface area contributed by atoms with Crippen LogP contribution in [-0.2, 0) is 20.7 Å². The van der Waals surface area contributed by atoms with Crippen molar-refractivity contribution in [1.82, 2.24) is 10.1 Å². The normalized spacial score (nSPS) is 23.4. The molecule has 0 spiro atoms. The molecule has 10 heteroatoms. The number of halogens is 1. The van der Waals surface area contributed by atoms with E-state index >= 15 is 0 Å². The first kappa shape index (κ1) is 18.9. The number of benzene rings is 1. The van der Waals surface area contributed by atoms with Gasteiger partial charge in [0.25, 0.3) is 0 Å². The Morgan fingerprint density at radius 3 is 3.00 bits per heavy atom. The van der Waals surface area contributed by atoms with Crippen molar-refractivity contribution in [3.63, 3.8) is 0 Å². The standard InChI is InChI=1S/C18H17ClN2O6S/c1-18(8-21-13(23)7-14(21)28-18)12-6-9(27-20-12)4-5-26-17(25)10-2-3-11(22)16(24)15(10)19/h2-3,6,14,22,24H,4-5,7-8H2,1H3/t14-,18-/m1/s1. The van der Waals surface area contributed by atoms with E-state index in [0.29, 0.717) is 25.1 Å². The maximum Gasteiger partial charge on any atom is 0.339 e. The number of phenols is 2. The first-order chi connectivity index (χ1) is 13.3. The molecule has 1 aromatic heterocycles. The minimum absolute atomic E-state index is 0.0303. The van der Waals surface area contributed by atoms with Crippen molar-refractivity contribution < 1.29 is 29.1 Å². The lowest BCUT2D eigenvalue weighted by Crippen LogP contribution is -2.47. The molecule has 1 amide bonds. The van der Waals surface area contributed by atoms with Crippen LogP contribution >= 0.6 is 23.4 Å². The summed E-state index contributed by atoms with van der Waals surface area (Å²) >= 11 is 7.55. The summed E-state index contributed by atoms with van der Waals surface area (Å²) in [5.74, 6) is -0.983. The highest BCUT2D eigenvalue weighted by molar-refractivity contribution is 8.01. The summed E-state index contributed by atoms with van der Waals surface area (Å²) in [6.07, 6.45) is 0.879. The summed E-state index contributed by atoms with van der Waals surface area (Å²) in [6.45, 7) is 2.66. The number of carbonyl (C=O) groups excluding carboxylic acids is 2. The van der Waals surface area contributed by atoms with Crippen LogP contribution in [0.3, 0.4) is 0 Å². The lowest BCUT2D eigenvalue weighted by atomic mass is 10.0. The zero-order valence-electron chi connectivity index (χ0n) is 14.8. The number of β-lactam (4-membered cyclic amide) rings is 1. The number of hydrogen-bond acceptors (Lipinski definition) is 8. The fourth-order valence-electron chi connectivity index (χ4n) is 3.24. The summed E-state index contributed by atoms with van der Waals surface area (Å²) < 4.78 is 10.2. The summed E-state index contributed by atoms with van der Waals surface area (Å²) in [5, 5.41) is 23.0. The van der Waals surface area contributed by atoms with E-state index in [1.165, 1.54) is 6.07 Å². The molecule has 28 heavy (non-hydrogen) atoms. The van der Waals surface area contributed by atoms with E-state index in [1.807, 2.05) is 17.9 Å². The molecule has 2 aromatic rings. The van der Waals surface area contributed by atoms with Gasteiger partial charge in [0.15, 0.2) is 11.5 Å². The smallest absolute Gasteiger partial charge is 0.339 e. The molecule has 0 bridgehead atoms. The monoisotopic (exact) mass is 424 g/mol. The Morgan fingerprint density at radius 2 is 2.29 bits per heavy atom. The number of nitrogens with zero attached hydrogens (tertiary/aromatic N) is 2. The highest BCUT2D eigenvalue weighted by atomic mass is 35.5. The average Bonchev–Trinajstić information content (AvgIpc) is 3.23. The average molecular weight is 425 g/mol. The van der Waals surface area contributed by atoms with Crippen molar-refractivity contribution in [2.24, 2.45) is 0 Å². The lowest BCUT2D eigenvalue weighted by molar-refractivity contribution is -0.140. The maximum absolute atomic E-state index is 12.1. The number of ether oxygens (including phenoxy) is 1. The molecule has 2 fully saturated rings. The third kappa shape index (κ3) is 3.18. The van der Waals surface area contributed by atoms with E-state index in [0.717, 1.165) is 11.8 Å². The minimum Gasteiger partial charge on any atom is -0.504 e. The van der Waals surface area contributed by atoms with Gasteiger partial charge in [0.05, 0.1) is 28.7 Å². The van der Waals surface area contributed by atoms with Gasteiger partial charge in [-0.05, 0) is 19.1 Å². The molecule has 0 radical (unpaired) electrons. The number of thioether (sulfide) groups is 1. The number of esters is 1. The molecule has 3 heterocycles. The van der Waals surface area contributed by atoms with Crippen LogP contribution in [0.15, 0.2) is 22.7 Å². The van der Waals surface area contributed by atoms with E-state index in [4.69, 9.17) is 20.9 Å². The summed E-state index contributed by atoms with van der Waals surface area (Å²) in [6, 6.07) is 4.25. The van der Waals surface area contributed by atoms with Crippen molar-refractivity contribution in [2.75, 3.05) is 13.2 Å². The largest absolute Gasteiger partial charge is 0.504 e. The number of aromatic hydroxyl groups is 2. The van der Waals surface area contributed by atoms with Crippen molar-refractivity contribution in [1.29, 1.82) is 0 Å². The van der Waals surface area contributed by atoms with Gasteiger partial charge >= 0.3 is 5.97 Å². The molecular weight excluding hydrogens is 408 g/mol. The zero-order valence-corrected chi connectivity index (χ0v) is 16.4. The van der Waals surface area contributed by atoms with Crippen LogP contribution < -0.4 is 0 Å². The third-order valence-electron chi connectivity index (χ3n) is 4.88. The Balaban J connectivity index is 1.35. The van der Waals surface area contributed by atoms with E-state index in [2.05, 4.69) is 5.16 Å². The molecule has 2 aliphatic heterocycles. The van der Waals surface area contributed by atoms with Crippen molar-refractivity contribution in [2.45, 2.75) is 29.9 Å². The van der Waals surface area contributed by atoms with Gasteiger partial charge in [-0.3, -0.25) is 4.79 Å². The topological polar surface area (TPSA) is 113 Å². The third-order valence-corrected chi connectivity index (χ3v) is 6.82. The molecule has 1 aromatic carbocycles. The molecule has 4 rings (SSSR count). The Labute approximate surface area is 169 Å². The lowest BCUT2D eigenvalue weighted by Gasteiger charge is -2.32. The van der Waals surface area contributed by atoms with Crippen LogP contribution in [-0.4, -0.2) is 50.7 Å². The number of amides is 1. The molecule has 0 aliphatic carbocycles.